The molecule has 0 aliphatic rings. The molecule has 6 heteroatoms. The number of fused-ring (bicyclic) bond motifs is 1. The monoisotopic (exact) mass is 350 g/mol. The second-order valence-electron chi connectivity index (χ2n) is 5.66. The minimum absolute atomic E-state index is 0.0341. The largest absolute Gasteiger partial charge is 0.480 e. The van der Waals surface area contributed by atoms with Crippen LogP contribution in [0.4, 0.5) is 0 Å². The molecule has 0 saturated carbocycles. The lowest BCUT2D eigenvalue weighted by molar-refractivity contribution is 0.352. The van der Waals surface area contributed by atoms with Crippen LogP contribution in [-0.2, 0) is 14.1 Å². The minimum atomic E-state index is -0.484. The molecule has 1 aromatic heterocycles. The molecule has 0 aliphatic heterocycles. The van der Waals surface area contributed by atoms with Crippen LogP contribution in [0.3, 0.4) is 0 Å². The van der Waals surface area contributed by atoms with E-state index < -0.39 is 11.2 Å². The van der Waals surface area contributed by atoms with Gasteiger partial charge in [-0.1, -0.05) is 48.2 Å². The molecule has 26 heavy (non-hydrogen) atoms. The van der Waals surface area contributed by atoms with Crippen molar-refractivity contribution in [2.24, 2.45) is 14.1 Å². The molecule has 3 rings (SSSR count). The number of benzene rings is 2. The van der Waals surface area contributed by atoms with E-state index >= 15 is 0 Å². The first-order chi connectivity index (χ1) is 12.6. The first kappa shape index (κ1) is 17.4. The van der Waals surface area contributed by atoms with Gasteiger partial charge >= 0.3 is 5.69 Å². The molecule has 0 unspecified atom stereocenters. The van der Waals surface area contributed by atoms with E-state index in [2.05, 4.69) is 11.8 Å². The van der Waals surface area contributed by atoms with Gasteiger partial charge in [-0.3, -0.25) is 13.9 Å². The Morgan fingerprint density at radius 1 is 0.885 bits per heavy atom. The van der Waals surface area contributed by atoms with Gasteiger partial charge in [0, 0.05) is 19.5 Å². The fourth-order valence-electron chi connectivity index (χ4n) is 2.53. The third-order valence-corrected chi connectivity index (χ3v) is 3.89. The highest BCUT2D eigenvalue weighted by Crippen LogP contribution is 2.24. The van der Waals surface area contributed by atoms with Gasteiger partial charge in [-0.15, -0.1) is 0 Å². The summed E-state index contributed by atoms with van der Waals surface area (Å²) in [6.07, 6.45) is 1.36. The molecule has 0 bridgehead atoms. The second-order valence-corrected chi connectivity index (χ2v) is 5.66. The Hall–Kier alpha value is -3.46. The van der Waals surface area contributed by atoms with Crippen molar-refractivity contribution in [2.45, 2.75) is 0 Å². The molecule has 132 valence electrons. The maximum absolute atomic E-state index is 11.9. The first-order valence-corrected chi connectivity index (χ1v) is 8.03. The van der Waals surface area contributed by atoms with Crippen molar-refractivity contribution in [3.63, 3.8) is 0 Å². The molecule has 0 amide bonds. The van der Waals surface area contributed by atoms with Crippen LogP contribution in [0.2, 0.25) is 0 Å². The third kappa shape index (κ3) is 3.62. The number of aromatic nitrogens is 2. The van der Waals surface area contributed by atoms with Gasteiger partial charge in [0.25, 0.3) is 5.56 Å². The van der Waals surface area contributed by atoms with Gasteiger partial charge in [0.1, 0.15) is 19.0 Å². The van der Waals surface area contributed by atoms with E-state index in [1.165, 1.54) is 17.8 Å². The Morgan fingerprint density at radius 2 is 1.54 bits per heavy atom. The molecule has 2 aromatic carbocycles. The van der Waals surface area contributed by atoms with Gasteiger partial charge in [0.2, 0.25) is 5.75 Å². The van der Waals surface area contributed by atoms with Crippen LogP contribution in [0.5, 0.6) is 11.5 Å². The van der Waals surface area contributed by atoms with Gasteiger partial charge in [-0.05, 0) is 11.5 Å². The van der Waals surface area contributed by atoms with E-state index in [1.54, 1.807) is 7.05 Å². The van der Waals surface area contributed by atoms with Crippen molar-refractivity contribution in [2.75, 3.05) is 13.2 Å². The molecular formula is C20H18N2O4. The highest BCUT2D eigenvalue weighted by Gasteiger charge is 2.06. The van der Waals surface area contributed by atoms with Crippen LogP contribution < -0.4 is 20.7 Å². The molecule has 6 nitrogen and oxygen atoms in total. The van der Waals surface area contributed by atoms with Crippen molar-refractivity contribution >= 4 is 10.8 Å². The zero-order valence-corrected chi connectivity index (χ0v) is 14.6. The third-order valence-electron chi connectivity index (χ3n) is 3.89. The number of nitrogens with zero attached hydrogens (tertiary/aromatic N) is 2. The summed E-state index contributed by atoms with van der Waals surface area (Å²) in [7, 11) is 2.96. The van der Waals surface area contributed by atoms with E-state index in [4.69, 9.17) is 9.47 Å². The summed E-state index contributed by atoms with van der Waals surface area (Å²) >= 11 is 0. The number of rotatable bonds is 4. The maximum atomic E-state index is 11.9. The predicted molar refractivity (Wildman–Crippen MR) is 99.6 cm³/mol. The standard InChI is InChI=1S/C20H18N2O4/c1-21-14-18(19(23)22(2)20(21)24)26-13-6-5-12-25-17-11-7-9-15-8-3-4-10-16(15)17/h3-4,7-11,14H,12-13H2,1-2H3. The van der Waals surface area contributed by atoms with E-state index in [1.807, 2.05) is 42.5 Å². The molecule has 0 fully saturated rings. The SMILES string of the molecule is Cn1cc(OCC#CCOc2cccc3ccccc23)c(=O)n(C)c1=O. The van der Waals surface area contributed by atoms with E-state index in [9.17, 15) is 9.59 Å². The Bertz CT molecular complexity index is 1110. The molecule has 0 atom stereocenters. The quantitative estimate of drug-likeness (QED) is 0.672. The van der Waals surface area contributed by atoms with Crippen LogP contribution in [0.1, 0.15) is 0 Å². The normalized spacial score (nSPS) is 10.2. The number of ether oxygens (including phenoxy) is 2. The molecular weight excluding hydrogens is 332 g/mol. The highest BCUT2D eigenvalue weighted by molar-refractivity contribution is 5.88. The summed E-state index contributed by atoms with van der Waals surface area (Å²) in [5.74, 6) is 6.51. The highest BCUT2D eigenvalue weighted by atomic mass is 16.5. The van der Waals surface area contributed by atoms with Crippen molar-refractivity contribution in [1.82, 2.24) is 9.13 Å². The van der Waals surface area contributed by atoms with Crippen molar-refractivity contribution in [3.8, 4) is 23.3 Å². The maximum Gasteiger partial charge on any atom is 0.330 e. The lowest BCUT2D eigenvalue weighted by atomic mass is 10.1. The Kier molecular flexibility index (Phi) is 5.09. The zero-order valence-electron chi connectivity index (χ0n) is 14.6. The van der Waals surface area contributed by atoms with E-state index in [0.717, 1.165) is 21.1 Å². The lowest BCUT2D eigenvalue weighted by Gasteiger charge is -2.06. The van der Waals surface area contributed by atoms with Crippen molar-refractivity contribution in [1.29, 1.82) is 0 Å². The van der Waals surface area contributed by atoms with Gasteiger partial charge < -0.3 is 9.47 Å². The molecule has 0 spiro atoms. The molecule has 0 N–H and O–H groups in total. The summed E-state index contributed by atoms with van der Waals surface area (Å²) in [5.41, 5.74) is -0.890. The smallest absolute Gasteiger partial charge is 0.330 e. The summed E-state index contributed by atoms with van der Waals surface area (Å²) in [5, 5.41) is 2.13. The zero-order chi connectivity index (χ0) is 18.5. The molecule has 3 aromatic rings. The van der Waals surface area contributed by atoms with Gasteiger partial charge in [-0.25, -0.2) is 4.79 Å². The number of hydrogen-bond acceptors (Lipinski definition) is 4. The van der Waals surface area contributed by atoms with E-state index in [0.29, 0.717) is 0 Å². The topological polar surface area (TPSA) is 62.5 Å². The van der Waals surface area contributed by atoms with Crippen LogP contribution in [0, 0.1) is 11.8 Å². The van der Waals surface area contributed by atoms with Crippen LogP contribution in [0.25, 0.3) is 10.8 Å². The lowest BCUT2D eigenvalue weighted by Crippen LogP contribution is -2.37. The molecule has 0 aliphatic carbocycles. The number of aryl methyl sites for hydroxylation is 1. The average Bonchev–Trinajstić information content (AvgIpc) is 2.66. The Labute approximate surface area is 150 Å². The summed E-state index contributed by atoms with van der Waals surface area (Å²) in [6, 6.07) is 13.8. The Balaban J connectivity index is 1.60. The minimum Gasteiger partial charge on any atom is -0.480 e. The fourth-order valence-corrected chi connectivity index (χ4v) is 2.53. The summed E-state index contributed by atoms with van der Waals surface area (Å²) < 4.78 is 13.3. The van der Waals surface area contributed by atoms with Crippen LogP contribution in [0.15, 0.2) is 58.3 Å². The van der Waals surface area contributed by atoms with Crippen molar-refractivity contribution in [3.05, 3.63) is 69.5 Å². The molecule has 0 radical (unpaired) electrons. The summed E-state index contributed by atoms with van der Waals surface area (Å²) in [6.45, 7) is 0.245. The van der Waals surface area contributed by atoms with Gasteiger partial charge in [0.15, 0.2) is 0 Å². The average molecular weight is 350 g/mol. The van der Waals surface area contributed by atoms with Gasteiger partial charge in [-0.2, -0.15) is 0 Å². The first-order valence-electron chi connectivity index (χ1n) is 8.03. The number of hydrogen-bond donors (Lipinski definition) is 0. The van der Waals surface area contributed by atoms with Crippen LogP contribution >= 0.6 is 0 Å². The fraction of sp³-hybridized carbons (Fsp3) is 0.200. The summed E-state index contributed by atoms with van der Waals surface area (Å²) in [4.78, 5) is 23.5. The predicted octanol–water partition coefficient (Wildman–Crippen LogP) is 1.70. The molecule has 1 heterocycles. The van der Waals surface area contributed by atoms with Crippen molar-refractivity contribution < 1.29 is 9.47 Å². The second kappa shape index (κ2) is 7.62. The van der Waals surface area contributed by atoms with Crippen LogP contribution in [-0.4, -0.2) is 22.3 Å². The van der Waals surface area contributed by atoms with E-state index in [-0.39, 0.29) is 19.0 Å². The van der Waals surface area contributed by atoms with Gasteiger partial charge in [0.05, 0.1) is 6.20 Å². The Morgan fingerprint density at radius 3 is 2.31 bits per heavy atom. The molecule has 0 saturated heterocycles.